The molecule has 2 unspecified atom stereocenters. The second-order valence-corrected chi connectivity index (χ2v) is 6.59. The molecule has 1 aliphatic rings. The molecule has 0 spiro atoms. The maximum atomic E-state index is 12.1. The van der Waals surface area contributed by atoms with Crippen molar-refractivity contribution < 1.29 is 4.79 Å². The largest absolute Gasteiger partial charge is 0.348 e. The number of thiophene rings is 1. The van der Waals surface area contributed by atoms with Crippen LogP contribution in [-0.4, -0.2) is 18.5 Å². The zero-order valence-electron chi connectivity index (χ0n) is 12.4. The van der Waals surface area contributed by atoms with E-state index in [0.717, 1.165) is 25.8 Å². The Hall–Kier alpha value is -0.870. The summed E-state index contributed by atoms with van der Waals surface area (Å²) >= 11 is 1.73. The van der Waals surface area contributed by atoms with Gasteiger partial charge in [0.1, 0.15) is 0 Å². The molecule has 1 fully saturated rings. The Morgan fingerprint density at radius 1 is 1.55 bits per heavy atom. The van der Waals surface area contributed by atoms with E-state index in [0.29, 0.717) is 12.5 Å². The molecule has 2 N–H and O–H groups in total. The van der Waals surface area contributed by atoms with Crippen molar-refractivity contribution in [3.63, 3.8) is 0 Å². The molecule has 2 rings (SSSR count). The van der Waals surface area contributed by atoms with E-state index in [2.05, 4.69) is 35.1 Å². The maximum Gasteiger partial charge on any atom is 0.220 e. The molecule has 1 amide bonds. The first-order valence-electron chi connectivity index (χ1n) is 7.85. The molecule has 2 heterocycles. The number of rotatable bonds is 7. The molecule has 1 saturated heterocycles. The van der Waals surface area contributed by atoms with Crippen LogP contribution in [0, 0.1) is 0 Å². The topological polar surface area (TPSA) is 41.1 Å². The number of hydrogen-bond acceptors (Lipinski definition) is 3. The fraction of sp³-hybridized carbons (Fsp3) is 0.688. The normalized spacial score (nSPS) is 20.6. The molecule has 0 radical (unpaired) electrons. The van der Waals surface area contributed by atoms with Crippen LogP contribution in [0.2, 0.25) is 0 Å². The Kier molecular flexibility index (Phi) is 6.54. The van der Waals surface area contributed by atoms with E-state index >= 15 is 0 Å². The number of nitrogens with one attached hydrogen (secondary N) is 2. The van der Waals surface area contributed by atoms with Gasteiger partial charge >= 0.3 is 0 Å². The number of piperidine rings is 1. The third kappa shape index (κ3) is 4.91. The summed E-state index contributed by atoms with van der Waals surface area (Å²) in [5.41, 5.74) is 0. The van der Waals surface area contributed by atoms with E-state index in [1.165, 1.54) is 24.1 Å². The van der Waals surface area contributed by atoms with Crippen LogP contribution in [-0.2, 0) is 4.79 Å². The summed E-state index contributed by atoms with van der Waals surface area (Å²) in [7, 11) is 0. The van der Waals surface area contributed by atoms with Gasteiger partial charge in [-0.05, 0) is 43.7 Å². The maximum absolute atomic E-state index is 12.1. The predicted octanol–water partition coefficient (Wildman–Crippen LogP) is 3.63. The van der Waals surface area contributed by atoms with Crippen LogP contribution in [0.3, 0.4) is 0 Å². The van der Waals surface area contributed by atoms with E-state index in [1.54, 1.807) is 11.3 Å². The van der Waals surface area contributed by atoms with Crippen molar-refractivity contribution in [1.29, 1.82) is 0 Å². The van der Waals surface area contributed by atoms with Crippen LogP contribution in [0.4, 0.5) is 0 Å². The van der Waals surface area contributed by atoms with Gasteiger partial charge in [0.25, 0.3) is 0 Å². The zero-order chi connectivity index (χ0) is 14.2. The molecule has 4 heteroatoms. The molecule has 1 aromatic heterocycles. The minimum Gasteiger partial charge on any atom is -0.348 e. The van der Waals surface area contributed by atoms with Crippen molar-refractivity contribution in [1.82, 2.24) is 10.6 Å². The number of amides is 1. The van der Waals surface area contributed by atoms with Gasteiger partial charge in [0.2, 0.25) is 5.91 Å². The smallest absolute Gasteiger partial charge is 0.220 e. The van der Waals surface area contributed by atoms with Gasteiger partial charge in [-0.2, -0.15) is 0 Å². The lowest BCUT2D eigenvalue weighted by Gasteiger charge is -2.23. The van der Waals surface area contributed by atoms with Crippen molar-refractivity contribution in [2.75, 3.05) is 6.54 Å². The number of carbonyl (C=O) groups excluding carboxylic acids is 1. The number of hydrogen-bond donors (Lipinski definition) is 2. The molecule has 2 atom stereocenters. The lowest BCUT2D eigenvalue weighted by atomic mass is 10.0. The van der Waals surface area contributed by atoms with Gasteiger partial charge in [-0.25, -0.2) is 0 Å². The van der Waals surface area contributed by atoms with Gasteiger partial charge in [0.05, 0.1) is 6.04 Å². The highest BCUT2D eigenvalue weighted by atomic mass is 32.1. The van der Waals surface area contributed by atoms with Crippen LogP contribution in [0.15, 0.2) is 17.5 Å². The van der Waals surface area contributed by atoms with Gasteiger partial charge < -0.3 is 10.6 Å². The van der Waals surface area contributed by atoms with Gasteiger partial charge in [-0.1, -0.05) is 25.8 Å². The summed E-state index contributed by atoms with van der Waals surface area (Å²) in [4.78, 5) is 13.4. The predicted molar refractivity (Wildman–Crippen MR) is 85.0 cm³/mol. The van der Waals surface area contributed by atoms with Crippen LogP contribution in [0.25, 0.3) is 0 Å². The highest BCUT2D eigenvalue weighted by molar-refractivity contribution is 7.10. The second-order valence-electron chi connectivity index (χ2n) is 5.61. The Morgan fingerprint density at radius 3 is 3.10 bits per heavy atom. The Labute approximate surface area is 126 Å². The molecule has 1 aromatic rings. The van der Waals surface area contributed by atoms with Gasteiger partial charge in [0.15, 0.2) is 0 Å². The third-order valence-corrected chi connectivity index (χ3v) is 4.92. The molecule has 3 nitrogen and oxygen atoms in total. The molecule has 20 heavy (non-hydrogen) atoms. The van der Waals surface area contributed by atoms with Crippen molar-refractivity contribution >= 4 is 17.2 Å². The third-order valence-electron chi connectivity index (χ3n) is 3.93. The van der Waals surface area contributed by atoms with E-state index in [-0.39, 0.29) is 11.9 Å². The molecular formula is C16H26N2OS. The van der Waals surface area contributed by atoms with E-state index in [4.69, 9.17) is 0 Å². The first-order valence-corrected chi connectivity index (χ1v) is 8.73. The summed E-state index contributed by atoms with van der Waals surface area (Å²) < 4.78 is 0. The van der Waals surface area contributed by atoms with Crippen LogP contribution in [0.1, 0.15) is 62.8 Å². The molecule has 1 aliphatic heterocycles. The van der Waals surface area contributed by atoms with E-state index < -0.39 is 0 Å². The molecule has 0 saturated carbocycles. The van der Waals surface area contributed by atoms with Gasteiger partial charge in [-0.15, -0.1) is 11.3 Å². The minimum atomic E-state index is 0.198. The van der Waals surface area contributed by atoms with Crippen molar-refractivity contribution in [2.45, 2.75) is 64.0 Å². The highest BCUT2D eigenvalue weighted by Gasteiger charge is 2.17. The average molecular weight is 294 g/mol. The van der Waals surface area contributed by atoms with E-state index in [1.807, 2.05) is 0 Å². The van der Waals surface area contributed by atoms with Crippen LogP contribution < -0.4 is 10.6 Å². The van der Waals surface area contributed by atoms with E-state index in [9.17, 15) is 4.79 Å². The summed E-state index contributed by atoms with van der Waals surface area (Å²) in [6, 6.07) is 4.92. The lowest BCUT2D eigenvalue weighted by Crippen LogP contribution is -2.36. The van der Waals surface area contributed by atoms with Gasteiger partial charge in [0, 0.05) is 17.3 Å². The SMILES string of the molecule is CCCC(NC(=O)CCC1CCCCN1)c1cccs1. The summed E-state index contributed by atoms with van der Waals surface area (Å²) in [5, 5.41) is 8.79. The summed E-state index contributed by atoms with van der Waals surface area (Å²) in [6.45, 7) is 3.28. The van der Waals surface area contributed by atoms with Crippen LogP contribution >= 0.6 is 11.3 Å². The molecule has 112 valence electrons. The Bertz CT molecular complexity index is 385. The monoisotopic (exact) mass is 294 g/mol. The average Bonchev–Trinajstić information content (AvgIpc) is 3.00. The van der Waals surface area contributed by atoms with Crippen molar-refractivity contribution in [3.8, 4) is 0 Å². The lowest BCUT2D eigenvalue weighted by molar-refractivity contribution is -0.122. The second kappa shape index (κ2) is 8.42. The quantitative estimate of drug-likeness (QED) is 0.806. The first kappa shape index (κ1) is 15.5. The van der Waals surface area contributed by atoms with Crippen molar-refractivity contribution in [2.24, 2.45) is 0 Å². The fourth-order valence-electron chi connectivity index (χ4n) is 2.81. The molecular weight excluding hydrogens is 268 g/mol. The highest BCUT2D eigenvalue weighted by Crippen LogP contribution is 2.23. The number of carbonyl (C=O) groups is 1. The Morgan fingerprint density at radius 2 is 2.45 bits per heavy atom. The summed E-state index contributed by atoms with van der Waals surface area (Å²) in [5.74, 6) is 0.198. The fourth-order valence-corrected chi connectivity index (χ4v) is 3.62. The van der Waals surface area contributed by atoms with Gasteiger partial charge in [-0.3, -0.25) is 4.79 Å². The molecule has 0 aromatic carbocycles. The van der Waals surface area contributed by atoms with Crippen molar-refractivity contribution in [3.05, 3.63) is 22.4 Å². The Balaban J connectivity index is 1.76. The first-order chi connectivity index (χ1) is 9.79. The molecule has 0 aliphatic carbocycles. The minimum absolute atomic E-state index is 0.198. The zero-order valence-corrected chi connectivity index (χ0v) is 13.2. The molecule has 0 bridgehead atoms. The van der Waals surface area contributed by atoms with Crippen LogP contribution in [0.5, 0.6) is 0 Å². The summed E-state index contributed by atoms with van der Waals surface area (Å²) in [6.07, 6.45) is 7.52. The standard InChI is InChI=1S/C16H26N2OS/c1-2-6-14(15-8-5-12-20-15)18-16(19)10-9-13-7-3-4-11-17-13/h5,8,12-14,17H,2-4,6-7,9-11H2,1H3,(H,18,19).